The number of nitrogens with zero attached hydrogens (tertiary/aromatic N) is 4. The number of hydrogen-bond donors (Lipinski definition) is 0. The fourth-order valence-electron chi connectivity index (χ4n) is 2.12. The summed E-state index contributed by atoms with van der Waals surface area (Å²) in [6.07, 6.45) is 5.05. The van der Waals surface area contributed by atoms with Crippen molar-refractivity contribution in [3.05, 3.63) is 45.7 Å². The Bertz CT molecular complexity index is 710. The van der Waals surface area contributed by atoms with Crippen molar-refractivity contribution in [1.82, 2.24) is 14.3 Å². The first-order chi connectivity index (χ1) is 10.5. The van der Waals surface area contributed by atoms with Gasteiger partial charge in [-0.25, -0.2) is 0 Å². The van der Waals surface area contributed by atoms with E-state index in [1.807, 2.05) is 26.1 Å². The van der Waals surface area contributed by atoms with Gasteiger partial charge in [0.05, 0.1) is 4.47 Å². The van der Waals surface area contributed by atoms with Crippen molar-refractivity contribution in [2.24, 2.45) is 12.0 Å². The van der Waals surface area contributed by atoms with Gasteiger partial charge < -0.3 is 0 Å². The lowest BCUT2D eigenvalue weighted by Crippen LogP contribution is -2.29. The summed E-state index contributed by atoms with van der Waals surface area (Å²) < 4.78 is 4.06. The van der Waals surface area contributed by atoms with Crippen molar-refractivity contribution in [2.75, 3.05) is 6.54 Å². The molecule has 0 N–H and O–H groups in total. The van der Waals surface area contributed by atoms with Crippen molar-refractivity contribution in [3.8, 4) is 0 Å². The highest BCUT2D eigenvalue weighted by Crippen LogP contribution is 2.06. The summed E-state index contributed by atoms with van der Waals surface area (Å²) >= 11 is 3.48. The summed E-state index contributed by atoms with van der Waals surface area (Å²) in [4.78, 5) is 17.3. The molecular formula is C16H21BrN4O. The number of unbranched alkanes of at least 4 members (excludes halogenated alkanes) is 2. The molecule has 2 rings (SSSR count). The predicted molar refractivity (Wildman–Crippen MR) is 89.8 cm³/mol. The second-order valence-corrected chi connectivity index (χ2v) is 6.09. The zero-order valence-corrected chi connectivity index (χ0v) is 14.8. The Morgan fingerprint density at radius 2 is 2.18 bits per heavy atom. The van der Waals surface area contributed by atoms with Gasteiger partial charge in [-0.15, -0.1) is 0 Å². The lowest BCUT2D eigenvalue weighted by molar-refractivity contribution is 0.0948. The van der Waals surface area contributed by atoms with Crippen molar-refractivity contribution < 1.29 is 4.79 Å². The lowest BCUT2D eigenvalue weighted by Gasteiger charge is -2.06. The number of aromatic nitrogens is 3. The minimum atomic E-state index is -0.167. The second-order valence-electron chi connectivity index (χ2n) is 5.24. The first kappa shape index (κ1) is 16.7. The van der Waals surface area contributed by atoms with Crippen LogP contribution in [-0.2, 0) is 7.05 Å². The highest BCUT2D eigenvalue weighted by molar-refractivity contribution is 9.10. The van der Waals surface area contributed by atoms with Crippen LogP contribution in [0, 0.1) is 6.92 Å². The molecule has 0 atom stereocenters. The van der Waals surface area contributed by atoms with Crippen molar-refractivity contribution in [1.29, 1.82) is 0 Å². The molecule has 0 aliphatic rings. The molecule has 0 saturated carbocycles. The molecule has 118 valence electrons. The molecule has 0 fully saturated rings. The molecule has 22 heavy (non-hydrogen) atoms. The topological polar surface area (TPSA) is 52.2 Å². The van der Waals surface area contributed by atoms with Crippen LogP contribution < -0.4 is 5.49 Å². The number of hydrogen-bond acceptors (Lipinski definition) is 3. The minimum Gasteiger partial charge on any atom is -0.272 e. The zero-order valence-electron chi connectivity index (χ0n) is 13.2. The van der Waals surface area contributed by atoms with Crippen LogP contribution in [0.2, 0.25) is 0 Å². The maximum absolute atomic E-state index is 12.7. The smallest absolute Gasteiger partial charge is 0.272 e. The van der Waals surface area contributed by atoms with E-state index >= 15 is 0 Å². The van der Waals surface area contributed by atoms with Crippen LogP contribution >= 0.6 is 15.9 Å². The van der Waals surface area contributed by atoms with Gasteiger partial charge >= 0.3 is 0 Å². The third-order valence-corrected chi connectivity index (χ3v) is 4.11. The molecule has 2 aromatic rings. The van der Waals surface area contributed by atoms with E-state index in [-0.39, 0.29) is 5.91 Å². The van der Waals surface area contributed by atoms with Gasteiger partial charge in [0, 0.05) is 25.5 Å². The Morgan fingerprint density at radius 3 is 2.82 bits per heavy atom. The first-order valence-electron chi connectivity index (χ1n) is 7.47. The molecule has 0 aromatic carbocycles. The lowest BCUT2D eigenvalue weighted by atomic mass is 10.2. The van der Waals surface area contributed by atoms with Crippen LogP contribution in [0.5, 0.6) is 0 Å². The quantitative estimate of drug-likeness (QED) is 0.765. The van der Waals surface area contributed by atoms with Crippen LogP contribution in [0.1, 0.15) is 42.4 Å². The summed E-state index contributed by atoms with van der Waals surface area (Å²) in [6, 6.07) is 5.51. The number of aryl methyl sites for hydroxylation is 2. The normalized spacial score (nSPS) is 11.9. The van der Waals surface area contributed by atoms with Gasteiger partial charge in [0.15, 0.2) is 5.69 Å². The number of carbonyl (C=O) groups excluding carboxylic acids is 1. The van der Waals surface area contributed by atoms with E-state index < -0.39 is 0 Å². The molecule has 0 spiro atoms. The molecular weight excluding hydrogens is 344 g/mol. The van der Waals surface area contributed by atoms with Gasteiger partial charge in [0.1, 0.15) is 5.49 Å². The van der Waals surface area contributed by atoms with E-state index in [1.165, 1.54) is 0 Å². The molecule has 0 bridgehead atoms. The molecule has 0 aliphatic heterocycles. The predicted octanol–water partition coefficient (Wildman–Crippen LogP) is 3.07. The third kappa shape index (κ3) is 3.74. The van der Waals surface area contributed by atoms with Gasteiger partial charge in [-0.2, -0.15) is 5.10 Å². The number of carbonyl (C=O) groups is 1. The van der Waals surface area contributed by atoms with Crippen LogP contribution in [0.15, 0.2) is 33.9 Å². The van der Waals surface area contributed by atoms with Gasteiger partial charge in [0.2, 0.25) is 0 Å². The van der Waals surface area contributed by atoms with Gasteiger partial charge in [-0.1, -0.05) is 19.8 Å². The largest absolute Gasteiger partial charge is 0.284 e. The van der Waals surface area contributed by atoms with E-state index in [4.69, 9.17) is 0 Å². The maximum Gasteiger partial charge on any atom is 0.284 e. The van der Waals surface area contributed by atoms with Crippen LogP contribution in [0.3, 0.4) is 0 Å². The van der Waals surface area contributed by atoms with Crippen LogP contribution in [0.25, 0.3) is 0 Å². The molecule has 0 aliphatic carbocycles. The fourth-order valence-corrected chi connectivity index (χ4v) is 2.59. The average molecular weight is 365 g/mol. The Hall–Kier alpha value is -1.69. The molecule has 0 saturated heterocycles. The fraction of sp³-hybridized carbons (Fsp3) is 0.438. The molecule has 0 unspecified atom stereocenters. The zero-order chi connectivity index (χ0) is 16.1. The van der Waals surface area contributed by atoms with Crippen molar-refractivity contribution in [2.45, 2.75) is 33.1 Å². The Morgan fingerprint density at radius 1 is 1.41 bits per heavy atom. The highest BCUT2D eigenvalue weighted by atomic mass is 79.9. The molecule has 2 aromatic heterocycles. The summed E-state index contributed by atoms with van der Waals surface area (Å²) in [6.45, 7) is 4.79. The van der Waals surface area contributed by atoms with E-state index in [1.54, 1.807) is 21.5 Å². The minimum absolute atomic E-state index is 0.167. The Kier molecular flexibility index (Phi) is 5.71. The SMILES string of the molecule is CCCCCN=c1c(Br)cccn1C(=O)c1cc(C)n(C)n1. The summed E-state index contributed by atoms with van der Waals surface area (Å²) in [5.41, 5.74) is 2.01. The van der Waals surface area contributed by atoms with Gasteiger partial charge in [0.25, 0.3) is 5.91 Å². The van der Waals surface area contributed by atoms with Crippen molar-refractivity contribution >= 4 is 21.8 Å². The highest BCUT2D eigenvalue weighted by Gasteiger charge is 2.14. The second kappa shape index (κ2) is 7.54. The van der Waals surface area contributed by atoms with Crippen LogP contribution in [-0.4, -0.2) is 26.8 Å². The summed E-state index contributed by atoms with van der Waals surface area (Å²) in [5.74, 6) is -0.167. The number of pyridine rings is 1. The molecule has 6 heteroatoms. The summed E-state index contributed by atoms with van der Waals surface area (Å²) in [7, 11) is 1.83. The average Bonchev–Trinajstić information content (AvgIpc) is 2.83. The molecule has 5 nitrogen and oxygen atoms in total. The van der Waals surface area contributed by atoms with E-state index in [9.17, 15) is 4.79 Å². The van der Waals surface area contributed by atoms with Gasteiger partial charge in [-0.05, 0) is 47.5 Å². The molecule has 0 amide bonds. The summed E-state index contributed by atoms with van der Waals surface area (Å²) in [5, 5.41) is 4.26. The Labute approximate surface area is 138 Å². The number of halogens is 1. The van der Waals surface area contributed by atoms with Gasteiger partial charge in [-0.3, -0.25) is 19.0 Å². The van der Waals surface area contributed by atoms with Crippen molar-refractivity contribution in [3.63, 3.8) is 0 Å². The maximum atomic E-state index is 12.7. The Balaban J connectivity index is 2.38. The standard InChI is InChI=1S/C16H21BrN4O/c1-4-5-6-9-18-15-13(17)8-7-10-21(15)16(22)14-11-12(2)20(3)19-14/h7-8,10-11H,4-6,9H2,1-3H3. The number of rotatable bonds is 5. The van der Waals surface area contributed by atoms with E-state index in [0.717, 1.165) is 29.4 Å². The molecule has 2 heterocycles. The van der Waals surface area contributed by atoms with E-state index in [2.05, 4.69) is 32.9 Å². The molecule has 0 radical (unpaired) electrons. The van der Waals surface area contributed by atoms with E-state index in [0.29, 0.717) is 17.7 Å². The third-order valence-electron chi connectivity index (χ3n) is 3.49. The monoisotopic (exact) mass is 364 g/mol. The first-order valence-corrected chi connectivity index (χ1v) is 8.27. The van der Waals surface area contributed by atoms with Crippen LogP contribution in [0.4, 0.5) is 0 Å².